The van der Waals surface area contributed by atoms with E-state index in [0.717, 1.165) is 18.5 Å². The monoisotopic (exact) mass is 373 g/mol. The largest absolute Gasteiger partial charge is 0.481 e. The van der Waals surface area contributed by atoms with Crippen LogP contribution >= 0.6 is 11.6 Å². The number of carboxylic acids is 1. The lowest BCUT2D eigenvalue weighted by Crippen LogP contribution is -2.30. The fourth-order valence-corrected chi connectivity index (χ4v) is 3.95. The summed E-state index contributed by atoms with van der Waals surface area (Å²) in [5.74, 6) is -0.879. The number of aromatic nitrogens is 2. The van der Waals surface area contributed by atoms with Crippen LogP contribution < -0.4 is 0 Å². The molecule has 4 rings (SSSR count). The first-order chi connectivity index (χ1) is 12.4. The fourth-order valence-electron chi connectivity index (χ4n) is 3.82. The third kappa shape index (κ3) is 3.09. The number of carbonyl (C=O) groups excluding carboxylic acids is 1. The summed E-state index contributed by atoms with van der Waals surface area (Å²) in [4.78, 5) is 26.2. The van der Waals surface area contributed by atoms with Crippen molar-refractivity contribution in [3.63, 3.8) is 0 Å². The first-order valence-corrected chi connectivity index (χ1v) is 9.16. The molecule has 2 aliphatic rings. The van der Waals surface area contributed by atoms with E-state index < -0.39 is 11.9 Å². The first-order valence-electron chi connectivity index (χ1n) is 8.78. The van der Waals surface area contributed by atoms with Gasteiger partial charge in [-0.05, 0) is 55.9 Å². The number of carbonyl (C=O) groups is 2. The minimum atomic E-state index is -0.800. The molecule has 2 fully saturated rings. The predicted molar refractivity (Wildman–Crippen MR) is 96.6 cm³/mol. The van der Waals surface area contributed by atoms with Crippen molar-refractivity contribution >= 4 is 23.5 Å². The molecule has 0 unspecified atom stereocenters. The highest BCUT2D eigenvalue weighted by Gasteiger charge is 2.47. The molecule has 136 valence electrons. The topological polar surface area (TPSA) is 75.4 Å². The number of nitrogens with zero attached hydrogens (tertiary/aromatic N) is 3. The van der Waals surface area contributed by atoms with Crippen LogP contribution in [0.5, 0.6) is 0 Å². The number of carboxylic acid groups (broad SMARTS) is 1. The summed E-state index contributed by atoms with van der Waals surface area (Å²) in [5, 5.41) is 14.6. The minimum Gasteiger partial charge on any atom is -0.481 e. The molecule has 1 aromatic heterocycles. The van der Waals surface area contributed by atoms with E-state index >= 15 is 0 Å². The zero-order valence-corrected chi connectivity index (χ0v) is 15.2. The molecule has 0 bridgehead atoms. The van der Waals surface area contributed by atoms with Gasteiger partial charge in [0.05, 0.1) is 22.9 Å². The Morgan fingerprint density at radius 3 is 2.50 bits per heavy atom. The molecule has 1 saturated heterocycles. The molecule has 2 aromatic rings. The standard InChI is InChI=1S/C19H20ClN3O3/c1-11-15(10-23(21-11)14-6-4-13(20)5-7-14)18(24)22-8-16(12-2-3-12)17(9-22)19(25)26/h4-7,10,12,16-17H,2-3,8-9H2,1H3,(H,25,26)/t16-,17+/m1/s1. The predicted octanol–water partition coefficient (Wildman–Crippen LogP) is 3.02. The van der Waals surface area contributed by atoms with Gasteiger partial charge >= 0.3 is 5.97 Å². The van der Waals surface area contributed by atoms with Crippen LogP contribution in [0.4, 0.5) is 0 Å². The van der Waals surface area contributed by atoms with Crippen LogP contribution in [0, 0.1) is 24.7 Å². The Morgan fingerprint density at radius 2 is 1.88 bits per heavy atom. The minimum absolute atomic E-state index is 0.0723. The molecule has 6 nitrogen and oxygen atoms in total. The Hall–Kier alpha value is -2.34. The third-order valence-electron chi connectivity index (χ3n) is 5.42. The van der Waals surface area contributed by atoms with Crippen molar-refractivity contribution in [2.45, 2.75) is 19.8 Å². The summed E-state index contributed by atoms with van der Waals surface area (Å²) in [7, 11) is 0. The van der Waals surface area contributed by atoms with Crippen molar-refractivity contribution in [2.75, 3.05) is 13.1 Å². The number of likely N-dealkylation sites (tertiary alicyclic amines) is 1. The van der Waals surface area contributed by atoms with Crippen LogP contribution in [0.15, 0.2) is 30.5 Å². The van der Waals surface area contributed by atoms with Crippen molar-refractivity contribution in [1.82, 2.24) is 14.7 Å². The van der Waals surface area contributed by atoms with Crippen LogP contribution in [0.3, 0.4) is 0 Å². The van der Waals surface area contributed by atoms with Gasteiger partial charge in [0.1, 0.15) is 0 Å². The molecule has 0 spiro atoms. The van der Waals surface area contributed by atoms with Gasteiger partial charge in [0.25, 0.3) is 5.91 Å². The number of halogens is 1. The number of aliphatic carboxylic acids is 1. The Morgan fingerprint density at radius 1 is 1.19 bits per heavy atom. The third-order valence-corrected chi connectivity index (χ3v) is 5.67. The molecule has 26 heavy (non-hydrogen) atoms. The number of hydrogen-bond acceptors (Lipinski definition) is 3. The molecule has 0 radical (unpaired) electrons. The number of amides is 1. The second-order valence-electron chi connectivity index (χ2n) is 7.21. The summed E-state index contributed by atoms with van der Waals surface area (Å²) in [5.41, 5.74) is 1.96. The molecule has 1 aliphatic carbocycles. The SMILES string of the molecule is Cc1nn(-c2ccc(Cl)cc2)cc1C(=O)N1C[C@H](C(=O)O)[C@@H](C2CC2)C1. The van der Waals surface area contributed by atoms with Gasteiger partial charge in [0.15, 0.2) is 0 Å². The number of benzene rings is 1. The molecule has 1 amide bonds. The Labute approximate surface area is 156 Å². The van der Waals surface area contributed by atoms with Gasteiger partial charge in [-0.2, -0.15) is 5.10 Å². The highest BCUT2D eigenvalue weighted by molar-refractivity contribution is 6.30. The Bertz CT molecular complexity index is 857. The van der Waals surface area contributed by atoms with E-state index in [9.17, 15) is 14.7 Å². The molecular formula is C19H20ClN3O3. The quantitative estimate of drug-likeness (QED) is 0.893. The summed E-state index contributed by atoms with van der Waals surface area (Å²) in [6.07, 6.45) is 3.86. The van der Waals surface area contributed by atoms with Crippen molar-refractivity contribution in [3.05, 3.63) is 46.7 Å². The van der Waals surface area contributed by atoms with Crippen LogP contribution in [0.2, 0.25) is 5.02 Å². The van der Waals surface area contributed by atoms with Gasteiger partial charge in [-0.25, -0.2) is 4.68 Å². The lowest BCUT2D eigenvalue weighted by atomic mass is 9.92. The molecule has 1 aromatic carbocycles. The normalized spacial score (nSPS) is 22.6. The van der Waals surface area contributed by atoms with Gasteiger partial charge in [0, 0.05) is 24.3 Å². The average Bonchev–Trinajstić information content (AvgIpc) is 3.23. The van der Waals surface area contributed by atoms with E-state index in [1.807, 2.05) is 12.1 Å². The Balaban J connectivity index is 1.57. The van der Waals surface area contributed by atoms with Crippen molar-refractivity contribution in [1.29, 1.82) is 0 Å². The second kappa shape index (κ2) is 6.43. The summed E-state index contributed by atoms with van der Waals surface area (Å²) in [6.45, 7) is 2.59. The van der Waals surface area contributed by atoms with Gasteiger partial charge in [-0.3, -0.25) is 9.59 Å². The second-order valence-corrected chi connectivity index (χ2v) is 7.64. The molecule has 2 atom stereocenters. The van der Waals surface area contributed by atoms with Crippen LogP contribution in [0.25, 0.3) is 5.69 Å². The smallest absolute Gasteiger partial charge is 0.308 e. The molecule has 1 saturated carbocycles. The molecular weight excluding hydrogens is 354 g/mol. The summed E-state index contributed by atoms with van der Waals surface area (Å²) < 4.78 is 1.65. The average molecular weight is 374 g/mol. The van der Waals surface area contributed by atoms with Gasteiger partial charge in [0.2, 0.25) is 0 Å². The molecule has 1 aliphatic heterocycles. The van der Waals surface area contributed by atoms with E-state index in [1.54, 1.807) is 34.8 Å². The highest BCUT2D eigenvalue weighted by Crippen LogP contribution is 2.44. The van der Waals surface area contributed by atoms with E-state index in [1.165, 1.54) is 0 Å². The van der Waals surface area contributed by atoms with Crippen LogP contribution in [0.1, 0.15) is 28.9 Å². The summed E-state index contributed by atoms with van der Waals surface area (Å²) >= 11 is 5.92. The maximum absolute atomic E-state index is 13.0. The molecule has 2 heterocycles. The van der Waals surface area contributed by atoms with Gasteiger partial charge < -0.3 is 10.0 Å². The van der Waals surface area contributed by atoms with E-state index in [2.05, 4.69) is 5.10 Å². The number of aryl methyl sites for hydroxylation is 1. The maximum Gasteiger partial charge on any atom is 0.308 e. The molecule has 7 heteroatoms. The van der Waals surface area contributed by atoms with Crippen molar-refractivity contribution in [2.24, 2.45) is 17.8 Å². The van der Waals surface area contributed by atoms with E-state index in [4.69, 9.17) is 11.6 Å². The molecule has 1 N–H and O–H groups in total. The number of hydrogen-bond donors (Lipinski definition) is 1. The zero-order valence-electron chi connectivity index (χ0n) is 14.4. The maximum atomic E-state index is 13.0. The highest BCUT2D eigenvalue weighted by atomic mass is 35.5. The van der Waals surface area contributed by atoms with Gasteiger partial charge in [-0.15, -0.1) is 0 Å². The van der Waals surface area contributed by atoms with Crippen LogP contribution in [-0.4, -0.2) is 44.8 Å². The van der Waals surface area contributed by atoms with Crippen LogP contribution in [-0.2, 0) is 4.79 Å². The van der Waals surface area contributed by atoms with Crippen molar-refractivity contribution < 1.29 is 14.7 Å². The first kappa shape index (κ1) is 17.1. The van der Waals surface area contributed by atoms with E-state index in [-0.39, 0.29) is 18.4 Å². The Kier molecular flexibility index (Phi) is 4.23. The van der Waals surface area contributed by atoms with E-state index in [0.29, 0.717) is 28.7 Å². The lowest BCUT2D eigenvalue weighted by molar-refractivity contribution is -0.142. The summed E-state index contributed by atoms with van der Waals surface area (Å²) in [6, 6.07) is 7.21. The van der Waals surface area contributed by atoms with Gasteiger partial charge in [-0.1, -0.05) is 11.6 Å². The number of rotatable bonds is 4. The fraction of sp³-hybridized carbons (Fsp3) is 0.421. The lowest BCUT2D eigenvalue weighted by Gasteiger charge is -2.15. The zero-order chi connectivity index (χ0) is 18.4. The van der Waals surface area contributed by atoms with Crippen molar-refractivity contribution in [3.8, 4) is 5.69 Å².